The number of nitriles is 1. The SMILES string of the molecule is CCC[C@H]1[C@@H](NC(=O)Nc2cccc(C#N)c2)CC[C@@]23CCCN2C(=O)CCC[C@@H]13. The Hall–Kier alpha value is -2.55. The van der Waals surface area contributed by atoms with Crippen molar-refractivity contribution in [3.05, 3.63) is 29.8 Å². The highest BCUT2D eigenvalue weighted by Crippen LogP contribution is 2.52. The molecule has 0 unspecified atom stereocenters. The topological polar surface area (TPSA) is 85.2 Å². The largest absolute Gasteiger partial charge is 0.337 e. The molecule has 6 heteroatoms. The van der Waals surface area contributed by atoms with Gasteiger partial charge in [0.15, 0.2) is 0 Å². The summed E-state index contributed by atoms with van der Waals surface area (Å²) in [4.78, 5) is 27.7. The number of nitrogens with zero attached hydrogens (tertiary/aromatic N) is 2. The number of rotatable bonds is 4. The molecule has 3 fully saturated rings. The van der Waals surface area contributed by atoms with Crippen LogP contribution in [0.1, 0.15) is 70.3 Å². The fourth-order valence-corrected chi connectivity index (χ4v) is 6.41. The lowest BCUT2D eigenvalue weighted by atomic mass is 9.61. The number of hydrogen-bond acceptors (Lipinski definition) is 3. The maximum Gasteiger partial charge on any atom is 0.319 e. The Labute approximate surface area is 179 Å². The predicted molar refractivity (Wildman–Crippen MR) is 116 cm³/mol. The summed E-state index contributed by atoms with van der Waals surface area (Å²) in [6.07, 6.45) is 8.98. The summed E-state index contributed by atoms with van der Waals surface area (Å²) >= 11 is 0. The van der Waals surface area contributed by atoms with Crippen LogP contribution in [0.15, 0.2) is 24.3 Å². The molecule has 0 bridgehead atoms. The zero-order valence-corrected chi connectivity index (χ0v) is 17.8. The van der Waals surface area contributed by atoms with E-state index in [-0.39, 0.29) is 17.6 Å². The molecule has 1 saturated carbocycles. The highest BCUT2D eigenvalue weighted by Gasteiger charge is 2.55. The molecule has 2 N–H and O–H groups in total. The van der Waals surface area contributed by atoms with Crippen LogP contribution in [0, 0.1) is 23.2 Å². The third kappa shape index (κ3) is 3.78. The summed E-state index contributed by atoms with van der Waals surface area (Å²) in [5.74, 6) is 1.20. The molecule has 2 heterocycles. The van der Waals surface area contributed by atoms with Crippen molar-refractivity contribution in [2.75, 3.05) is 11.9 Å². The molecule has 2 saturated heterocycles. The van der Waals surface area contributed by atoms with E-state index in [0.29, 0.717) is 35.4 Å². The van der Waals surface area contributed by atoms with Crippen LogP contribution in [0.4, 0.5) is 10.5 Å². The lowest BCUT2D eigenvalue weighted by Gasteiger charge is -2.53. The van der Waals surface area contributed by atoms with E-state index in [4.69, 9.17) is 5.26 Å². The van der Waals surface area contributed by atoms with Crippen molar-refractivity contribution in [2.45, 2.75) is 76.3 Å². The second-order valence-corrected chi connectivity index (χ2v) is 9.14. The van der Waals surface area contributed by atoms with Gasteiger partial charge >= 0.3 is 6.03 Å². The molecule has 0 radical (unpaired) electrons. The summed E-state index contributed by atoms with van der Waals surface area (Å²) in [6.45, 7) is 3.11. The van der Waals surface area contributed by atoms with Crippen molar-refractivity contribution in [3.63, 3.8) is 0 Å². The van der Waals surface area contributed by atoms with Crippen LogP contribution in [-0.4, -0.2) is 35.0 Å². The van der Waals surface area contributed by atoms with Crippen molar-refractivity contribution >= 4 is 17.6 Å². The number of benzene rings is 1. The molecule has 4 atom stereocenters. The molecule has 30 heavy (non-hydrogen) atoms. The van der Waals surface area contributed by atoms with E-state index < -0.39 is 0 Å². The molecule has 2 aliphatic heterocycles. The van der Waals surface area contributed by atoms with E-state index in [1.54, 1.807) is 24.3 Å². The molecule has 4 rings (SSSR count). The van der Waals surface area contributed by atoms with Gasteiger partial charge in [-0.1, -0.05) is 19.4 Å². The fourth-order valence-electron chi connectivity index (χ4n) is 6.41. The van der Waals surface area contributed by atoms with Gasteiger partial charge in [-0.3, -0.25) is 4.79 Å². The second kappa shape index (κ2) is 8.67. The number of hydrogen-bond donors (Lipinski definition) is 2. The first-order valence-electron chi connectivity index (χ1n) is 11.5. The molecule has 1 aliphatic carbocycles. The van der Waals surface area contributed by atoms with Gasteiger partial charge < -0.3 is 15.5 Å². The van der Waals surface area contributed by atoms with Crippen molar-refractivity contribution in [3.8, 4) is 6.07 Å². The van der Waals surface area contributed by atoms with Gasteiger partial charge in [-0.05, 0) is 75.0 Å². The van der Waals surface area contributed by atoms with E-state index >= 15 is 0 Å². The Balaban J connectivity index is 1.51. The quantitative estimate of drug-likeness (QED) is 0.773. The number of carbonyl (C=O) groups excluding carboxylic acids is 2. The summed E-state index contributed by atoms with van der Waals surface area (Å²) in [5.41, 5.74) is 1.18. The molecule has 3 amide bonds. The highest BCUT2D eigenvalue weighted by atomic mass is 16.2. The van der Waals surface area contributed by atoms with Gasteiger partial charge in [0.1, 0.15) is 0 Å². The van der Waals surface area contributed by atoms with Crippen LogP contribution in [0.3, 0.4) is 0 Å². The van der Waals surface area contributed by atoms with E-state index in [9.17, 15) is 9.59 Å². The van der Waals surface area contributed by atoms with Gasteiger partial charge in [-0.15, -0.1) is 0 Å². The normalized spacial score (nSPS) is 30.6. The van der Waals surface area contributed by atoms with E-state index in [1.807, 2.05) is 0 Å². The van der Waals surface area contributed by atoms with Crippen LogP contribution >= 0.6 is 0 Å². The minimum atomic E-state index is -0.208. The van der Waals surface area contributed by atoms with Gasteiger partial charge in [-0.2, -0.15) is 5.26 Å². The Bertz CT molecular complexity index is 848. The molecule has 6 nitrogen and oxygen atoms in total. The maximum absolute atomic E-state index is 12.8. The van der Waals surface area contributed by atoms with Crippen LogP contribution in [0.5, 0.6) is 0 Å². The molecule has 0 aromatic heterocycles. The molecule has 1 aromatic carbocycles. The van der Waals surface area contributed by atoms with Gasteiger partial charge in [0, 0.05) is 30.2 Å². The highest BCUT2D eigenvalue weighted by molar-refractivity contribution is 5.89. The van der Waals surface area contributed by atoms with Crippen LogP contribution in [-0.2, 0) is 4.79 Å². The summed E-state index contributed by atoms with van der Waals surface area (Å²) in [5, 5.41) is 15.2. The van der Waals surface area contributed by atoms with Gasteiger partial charge in [0.25, 0.3) is 0 Å². The van der Waals surface area contributed by atoms with Crippen molar-refractivity contribution in [1.29, 1.82) is 5.26 Å². The zero-order valence-electron chi connectivity index (χ0n) is 17.8. The van der Waals surface area contributed by atoms with Gasteiger partial charge in [0.05, 0.1) is 11.6 Å². The lowest BCUT2D eigenvalue weighted by molar-refractivity contribution is -0.138. The third-order valence-electron chi connectivity index (χ3n) is 7.54. The minimum Gasteiger partial charge on any atom is -0.337 e. The molecular weight excluding hydrogens is 376 g/mol. The molecule has 160 valence electrons. The van der Waals surface area contributed by atoms with E-state index in [2.05, 4.69) is 28.5 Å². The second-order valence-electron chi connectivity index (χ2n) is 9.14. The maximum atomic E-state index is 12.8. The smallest absolute Gasteiger partial charge is 0.319 e. The fraction of sp³-hybridized carbons (Fsp3) is 0.625. The van der Waals surface area contributed by atoms with Crippen molar-refractivity contribution < 1.29 is 9.59 Å². The lowest BCUT2D eigenvalue weighted by Crippen LogP contribution is -2.60. The van der Waals surface area contributed by atoms with Crippen molar-refractivity contribution in [2.24, 2.45) is 11.8 Å². The third-order valence-corrected chi connectivity index (χ3v) is 7.54. The van der Waals surface area contributed by atoms with E-state index in [1.165, 1.54) is 0 Å². The molecule has 3 aliphatic rings. The average Bonchev–Trinajstić information content (AvgIpc) is 3.11. The number of anilines is 1. The molecule has 1 spiro atoms. The van der Waals surface area contributed by atoms with E-state index in [0.717, 1.165) is 57.9 Å². The molecule has 1 aromatic rings. The first-order valence-corrected chi connectivity index (χ1v) is 11.5. The van der Waals surface area contributed by atoms with Gasteiger partial charge in [-0.25, -0.2) is 4.79 Å². The average molecular weight is 409 g/mol. The molecular formula is C24H32N4O2. The number of urea groups is 1. The standard InChI is InChI=1S/C24H32N4O2/c1-2-6-19-20-9-4-10-22(29)28-14-5-12-24(20,28)13-11-21(19)27-23(30)26-18-8-3-7-17(15-18)16-25/h3,7-8,15,19-21H,2,4-6,9-14H2,1H3,(H2,26,27,30)/t19-,20+,21+,24-/m1/s1. The Morgan fingerprint density at radius 2 is 2.17 bits per heavy atom. The first kappa shape index (κ1) is 20.7. The van der Waals surface area contributed by atoms with Crippen molar-refractivity contribution in [1.82, 2.24) is 10.2 Å². The van der Waals surface area contributed by atoms with Gasteiger partial charge in [0.2, 0.25) is 5.91 Å². The van der Waals surface area contributed by atoms with Crippen LogP contribution in [0.25, 0.3) is 0 Å². The Kier molecular flexibility index (Phi) is 5.99. The zero-order chi connectivity index (χ0) is 21.1. The monoisotopic (exact) mass is 408 g/mol. The minimum absolute atomic E-state index is 0.0171. The van der Waals surface area contributed by atoms with Crippen LogP contribution in [0.2, 0.25) is 0 Å². The number of nitrogens with one attached hydrogen (secondary N) is 2. The number of amides is 3. The summed E-state index contributed by atoms with van der Waals surface area (Å²) in [6, 6.07) is 9.00. The summed E-state index contributed by atoms with van der Waals surface area (Å²) < 4.78 is 0. The Morgan fingerprint density at radius 1 is 1.30 bits per heavy atom. The number of carbonyl (C=O) groups is 2. The predicted octanol–water partition coefficient (Wildman–Crippen LogP) is 4.42. The summed E-state index contributed by atoms with van der Waals surface area (Å²) in [7, 11) is 0. The first-order chi connectivity index (χ1) is 14.6. The van der Waals surface area contributed by atoms with Crippen LogP contribution < -0.4 is 10.6 Å². The Morgan fingerprint density at radius 3 is 2.97 bits per heavy atom.